The van der Waals surface area contributed by atoms with Crippen LogP contribution in [0.1, 0.15) is 18.9 Å². The van der Waals surface area contributed by atoms with Crippen LogP contribution < -0.4 is 0 Å². The van der Waals surface area contributed by atoms with Crippen molar-refractivity contribution in [2.75, 3.05) is 6.61 Å². The van der Waals surface area contributed by atoms with Crippen molar-refractivity contribution >= 4 is 21.6 Å². The van der Waals surface area contributed by atoms with Crippen molar-refractivity contribution in [2.45, 2.75) is 30.7 Å². The largest absolute Gasteiger partial charge is 0.378 e. The summed E-state index contributed by atoms with van der Waals surface area (Å²) in [4.78, 5) is 10.9. The van der Waals surface area contributed by atoms with Crippen LogP contribution in [-0.2, 0) is 11.2 Å². The van der Waals surface area contributed by atoms with Crippen LogP contribution in [0, 0.1) is 16.0 Å². The van der Waals surface area contributed by atoms with E-state index in [2.05, 4.69) is 22.9 Å². The SMILES string of the molecule is CC1CC(C(Br)Cc2ccccc2[N+](=O)[O-])CO1. The number of alkyl halides is 1. The molecular formula is C13H16BrNO3. The Bertz CT molecular complexity index is 438. The first-order valence-corrected chi connectivity index (χ1v) is 6.97. The molecular weight excluding hydrogens is 298 g/mol. The molecule has 3 unspecified atom stereocenters. The number of para-hydroxylation sites is 1. The number of hydrogen-bond donors (Lipinski definition) is 0. The standard InChI is InChI=1S/C13H16BrNO3/c1-9-6-11(8-18-9)12(14)7-10-4-2-3-5-13(10)15(16)17/h2-5,9,11-12H,6-8H2,1H3. The van der Waals surface area contributed by atoms with Crippen molar-refractivity contribution in [3.8, 4) is 0 Å². The number of nitro benzene ring substituents is 1. The molecule has 1 saturated heterocycles. The molecule has 0 aromatic heterocycles. The van der Waals surface area contributed by atoms with Gasteiger partial charge in [0, 0.05) is 16.5 Å². The van der Waals surface area contributed by atoms with Crippen molar-refractivity contribution in [2.24, 2.45) is 5.92 Å². The third-order valence-corrected chi connectivity index (χ3v) is 4.42. The predicted octanol–water partition coefficient (Wildman–Crippen LogP) is 3.33. The molecule has 1 heterocycles. The van der Waals surface area contributed by atoms with Crippen LogP contribution in [0.4, 0.5) is 5.69 Å². The lowest BCUT2D eigenvalue weighted by Crippen LogP contribution is -2.17. The lowest BCUT2D eigenvalue weighted by molar-refractivity contribution is -0.385. The molecule has 98 valence electrons. The molecule has 2 rings (SSSR count). The number of hydrogen-bond acceptors (Lipinski definition) is 3. The minimum atomic E-state index is -0.317. The van der Waals surface area contributed by atoms with E-state index >= 15 is 0 Å². The maximum atomic E-state index is 10.9. The Morgan fingerprint density at radius 2 is 2.28 bits per heavy atom. The average Bonchev–Trinajstić information content (AvgIpc) is 2.76. The van der Waals surface area contributed by atoms with Crippen LogP contribution in [-0.4, -0.2) is 22.5 Å². The predicted molar refractivity (Wildman–Crippen MR) is 73.0 cm³/mol. The van der Waals surface area contributed by atoms with Crippen LogP contribution in [0.25, 0.3) is 0 Å². The first-order chi connectivity index (χ1) is 8.58. The Kier molecular flexibility index (Phi) is 4.35. The van der Waals surface area contributed by atoms with Gasteiger partial charge in [-0.05, 0) is 25.7 Å². The molecule has 0 spiro atoms. The highest BCUT2D eigenvalue weighted by atomic mass is 79.9. The highest BCUT2D eigenvalue weighted by Crippen LogP contribution is 2.31. The quantitative estimate of drug-likeness (QED) is 0.487. The van der Waals surface area contributed by atoms with E-state index in [4.69, 9.17) is 4.74 Å². The molecule has 1 aliphatic heterocycles. The number of rotatable bonds is 4. The molecule has 1 fully saturated rings. The summed E-state index contributed by atoms with van der Waals surface area (Å²) in [6.45, 7) is 2.79. The number of benzene rings is 1. The molecule has 0 amide bonds. The van der Waals surface area contributed by atoms with E-state index in [-0.39, 0.29) is 15.4 Å². The molecule has 4 nitrogen and oxygen atoms in total. The topological polar surface area (TPSA) is 52.4 Å². The third kappa shape index (κ3) is 3.09. The number of nitrogens with zero attached hydrogens (tertiary/aromatic N) is 1. The zero-order valence-corrected chi connectivity index (χ0v) is 11.8. The minimum absolute atomic E-state index is 0.203. The van der Waals surface area contributed by atoms with Gasteiger partial charge in [0.1, 0.15) is 0 Å². The van der Waals surface area contributed by atoms with Crippen LogP contribution in [0.2, 0.25) is 0 Å². The van der Waals surface area contributed by atoms with Crippen LogP contribution in [0.3, 0.4) is 0 Å². The van der Waals surface area contributed by atoms with Crippen molar-refractivity contribution in [3.63, 3.8) is 0 Å². The molecule has 0 bridgehead atoms. The summed E-state index contributed by atoms with van der Waals surface area (Å²) in [6.07, 6.45) is 1.97. The second kappa shape index (κ2) is 5.80. The number of halogens is 1. The van der Waals surface area contributed by atoms with E-state index < -0.39 is 0 Å². The van der Waals surface area contributed by atoms with Crippen molar-refractivity contribution in [1.29, 1.82) is 0 Å². The van der Waals surface area contributed by atoms with Gasteiger partial charge in [-0.25, -0.2) is 0 Å². The Hall–Kier alpha value is -0.940. The monoisotopic (exact) mass is 313 g/mol. The van der Waals surface area contributed by atoms with Gasteiger partial charge in [-0.15, -0.1) is 0 Å². The first kappa shape index (κ1) is 13.5. The van der Waals surface area contributed by atoms with E-state index in [0.29, 0.717) is 18.4 Å². The van der Waals surface area contributed by atoms with Crippen LogP contribution in [0.15, 0.2) is 24.3 Å². The Balaban J connectivity index is 2.07. The smallest absolute Gasteiger partial charge is 0.272 e. The zero-order valence-electron chi connectivity index (χ0n) is 10.2. The zero-order chi connectivity index (χ0) is 13.1. The number of nitro groups is 1. The Morgan fingerprint density at radius 3 is 2.89 bits per heavy atom. The van der Waals surface area contributed by atoms with Gasteiger partial charge >= 0.3 is 0 Å². The normalized spacial score (nSPS) is 25.0. The summed E-state index contributed by atoms with van der Waals surface area (Å²) in [5.41, 5.74) is 0.984. The fourth-order valence-corrected chi connectivity index (χ4v) is 3.06. The minimum Gasteiger partial charge on any atom is -0.378 e. The fraction of sp³-hybridized carbons (Fsp3) is 0.538. The fourth-order valence-electron chi connectivity index (χ4n) is 2.34. The van der Waals surface area contributed by atoms with E-state index in [0.717, 1.165) is 18.6 Å². The molecule has 0 N–H and O–H groups in total. The van der Waals surface area contributed by atoms with Crippen molar-refractivity contribution < 1.29 is 9.66 Å². The Labute approximate surface area is 115 Å². The molecule has 18 heavy (non-hydrogen) atoms. The highest BCUT2D eigenvalue weighted by Gasteiger charge is 2.29. The lowest BCUT2D eigenvalue weighted by Gasteiger charge is -2.15. The van der Waals surface area contributed by atoms with Gasteiger partial charge in [-0.3, -0.25) is 10.1 Å². The highest BCUT2D eigenvalue weighted by molar-refractivity contribution is 9.09. The Morgan fingerprint density at radius 1 is 1.56 bits per heavy atom. The summed E-state index contributed by atoms with van der Waals surface area (Å²) in [6, 6.07) is 6.93. The summed E-state index contributed by atoms with van der Waals surface area (Å²) in [7, 11) is 0. The van der Waals surface area contributed by atoms with E-state index in [9.17, 15) is 10.1 Å². The summed E-state index contributed by atoms with van der Waals surface area (Å²) < 4.78 is 5.54. The lowest BCUT2D eigenvalue weighted by atomic mass is 9.96. The molecule has 0 radical (unpaired) electrons. The van der Waals surface area contributed by atoms with Crippen molar-refractivity contribution in [3.05, 3.63) is 39.9 Å². The van der Waals surface area contributed by atoms with Crippen LogP contribution >= 0.6 is 15.9 Å². The molecule has 0 aliphatic carbocycles. The molecule has 1 aliphatic rings. The summed E-state index contributed by atoms with van der Waals surface area (Å²) >= 11 is 3.65. The molecule has 1 aromatic rings. The van der Waals surface area contributed by atoms with Gasteiger partial charge in [-0.2, -0.15) is 0 Å². The van der Waals surface area contributed by atoms with Gasteiger partial charge in [0.25, 0.3) is 5.69 Å². The van der Waals surface area contributed by atoms with Crippen molar-refractivity contribution in [1.82, 2.24) is 0 Å². The third-order valence-electron chi connectivity index (χ3n) is 3.34. The second-order valence-corrected chi connectivity index (χ2v) is 5.92. The van der Waals surface area contributed by atoms with Gasteiger partial charge in [-0.1, -0.05) is 34.1 Å². The van der Waals surface area contributed by atoms with Gasteiger partial charge < -0.3 is 4.74 Å². The van der Waals surface area contributed by atoms with Gasteiger partial charge in [0.2, 0.25) is 0 Å². The molecule has 1 aromatic carbocycles. The first-order valence-electron chi connectivity index (χ1n) is 6.06. The maximum Gasteiger partial charge on any atom is 0.272 e. The summed E-state index contributed by atoms with van der Waals surface area (Å²) in [5, 5.41) is 10.9. The maximum absolute atomic E-state index is 10.9. The van der Waals surface area contributed by atoms with Gasteiger partial charge in [0.05, 0.1) is 17.6 Å². The van der Waals surface area contributed by atoms with E-state index in [1.807, 2.05) is 12.1 Å². The van der Waals surface area contributed by atoms with E-state index in [1.165, 1.54) is 0 Å². The van der Waals surface area contributed by atoms with Gasteiger partial charge in [0.15, 0.2) is 0 Å². The van der Waals surface area contributed by atoms with E-state index in [1.54, 1.807) is 12.1 Å². The molecule has 5 heteroatoms. The molecule has 3 atom stereocenters. The second-order valence-electron chi connectivity index (χ2n) is 4.75. The summed E-state index contributed by atoms with van der Waals surface area (Å²) in [5.74, 6) is 0.430. The number of ether oxygens (including phenoxy) is 1. The van der Waals surface area contributed by atoms with Crippen LogP contribution in [0.5, 0.6) is 0 Å². The average molecular weight is 314 g/mol. The molecule has 0 saturated carbocycles.